The first-order valence-corrected chi connectivity index (χ1v) is 11.3. The van der Waals surface area contributed by atoms with Gasteiger partial charge in [0.15, 0.2) is 10.9 Å². The summed E-state index contributed by atoms with van der Waals surface area (Å²) in [5.41, 5.74) is 4.84. The lowest BCUT2D eigenvalue weighted by Crippen LogP contribution is -2.34. The van der Waals surface area contributed by atoms with E-state index in [0.717, 1.165) is 11.1 Å². The minimum absolute atomic E-state index is 0.311. The van der Waals surface area contributed by atoms with Gasteiger partial charge in [-0.2, -0.15) is 5.10 Å². The van der Waals surface area contributed by atoms with Crippen LogP contribution in [0, 0.1) is 0 Å². The molecule has 0 radical (unpaired) electrons. The van der Waals surface area contributed by atoms with Crippen LogP contribution in [0.25, 0.3) is 17.1 Å². The Labute approximate surface area is 215 Å². The number of pyridine rings is 1. The Hall–Kier alpha value is -4.52. The maximum absolute atomic E-state index is 12.3. The van der Waals surface area contributed by atoms with E-state index >= 15 is 0 Å². The van der Waals surface area contributed by atoms with E-state index in [1.165, 1.54) is 35.3 Å². The Morgan fingerprint density at radius 3 is 2.51 bits per heavy atom. The lowest BCUT2D eigenvalue weighted by atomic mass is 10.1. The summed E-state index contributed by atoms with van der Waals surface area (Å²) in [7, 11) is 0. The number of thiocarbonyl (C=S) groups is 1. The number of benzene rings is 2. The van der Waals surface area contributed by atoms with Crippen LogP contribution in [0.1, 0.15) is 5.56 Å². The Morgan fingerprint density at radius 2 is 1.81 bits per heavy atom. The quantitative estimate of drug-likeness (QED) is 0.145. The van der Waals surface area contributed by atoms with Gasteiger partial charge < -0.3 is 14.8 Å². The summed E-state index contributed by atoms with van der Waals surface area (Å²) in [5, 5.41) is 11.8. The normalized spacial score (nSPS) is 11.3. The third-order valence-corrected chi connectivity index (χ3v) is 4.89. The van der Waals surface area contributed by atoms with Crippen LogP contribution in [0.15, 0.2) is 84.4 Å². The molecule has 0 aliphatic rings. The summed E-state index contributed by atoms with van der Waals surface area (Å²) in [6, 6.07) is 18.1. The number of ether oxygens (including phenoxy) is 2. The van der Waals surface area contributed by atoms with E-state index in [0.29, 0.717) is 35.7 Å². The van der Waals surface area contributed by atoms with Crippen molar-refractivity contribution in [3.05, 3.63) is 84.8 Å². The van der Waals surface area contributed by atoms with Crippen LogP contribution in [-0.2, 0) is 0 Å². The van der Waals surface area contributed by atoms with Gasteiger partial charge in [-0.3, -0.25) is 5.43 Å². The van der Waals surface area contributed by atoms with Crippen LogP contribution >= 0.6 is 12.2 Å². The molecule has 4 aromatic rings. The Kier molecular flexibility index (Phi) is 8.26. The molecule has 0 spiro atoms. The van der Waals surface area contributed by atoms with E-state index in [9.17, 15) is 13.2 Å². The molecule has 0 saturated carbocycles. The summed E-state index contributed by atoms with van der Waals surface area (Å²) in [6.45, 7) is 0.878. The highest BCUT2D eigenvalue weighted by Gasteiger charge is 2.31. The highest BCUT2D eigenvalue weighted by molar-refractivity contribution is 7.80. The number of halogens is 3. The van der Waals surface area contributed by atoms with E-state index < -0.39 is 6.36 Å². The second kappa shape index (κ2) is 11.9. The van der Waals surface area contributed by atoms with Crippen molar-refractivity contribution >= 4 is 23.5 Å². The van der Waals surface area contributed by atoms with Crippen LogP contribution in [0.5, 0.6) is 11.6 Å². The van der Waals surface area contributed by atoms with Gasteiger partial charge in [-0.05, 0) is 48.1 Å². The van der Waals surface area contributed by atoms with Gasteiger partial charge in [0, 0.05) is 17.8 Å². The molecule has 2 heterocycles. The minimum Gasteiger partial charge on any atom is -0.476 e. The van der Waals surface area contributed by atoms with E-state index in [1.807, 2.05) is 36.4 Å². The average molecular weight is 528 g/mol. The van der Waals surface area contributed by atoms with E-state index in [1.54, 1.807) is 18.5 Å². The van der Waals surface area contributed by atoms with Crippen LogP contribution in [0.4, 0.5) is 13.2 Å². The summed E-state index contributed by atoms with van der Waals surface area (Å²) >= 11 is 5.17. The van der Waals surface area contributed by atoms with Gasteiger partial charge in [0.1, 0.15) is 18.7 Å². The van der Waals surface area contributed by atoms with Crippen LogP contribution in [0.2, 0.25) is 0 Å². The molecule has 2 N–H and O–H groups in total. The van der Waals surface area contributed by atoms with Gasteiger partial charge in [-0.25, -0.2) is 14.6 Å². The number of hydrazone groups is 1. The fourth-order valence-electron chi connectivity index (χ4n) is 3.00. The smallest absolute Gasteiger partial charge is 0.476 e. The highest BCUT2D eigenvalue weighted by atomic mass is 32.1. The van der Waals surface area contributed by atoms with Crippen molar-refractivity contribution in [2.24, 2.45) is 5.10 Å². The average Bonchev–Trinajstić information content (AvgIpc) is 3.38. The molecule has 2 aromatic carbocycles. The second-order valence-corrected chi connectivity index (χ2v) is 7.73. The molecule has 0 fully saturated rings. The van der Waals surface area contributed by atoms with Crippen molar-refractivity contribution in [1.29, 1.82) is 0 Å². The fourth-order valence-corrected chi connectivity index (χ4v) is 3.15. The zero-order valence-corrected chi connectivity index (χ0v) is 19.9. The molecule has 0 bridgehead atoms. The highest BCUT2D eigenvalue weighted by Crippen LogP contribution is 2.24. The first-order chi connectivity index (χ1) is 17.9. The van der Waals surface area contributed by atoms with Crippen molar-refractivity contribution in [1.82, 2.24) is 30.5 Å². The fraction of sp³-hybridized carbons (Fsp3) is 0.125. The minimum atomic E-state index is -4.74. The van der Waals surface area contributed by atoms with Gasteiger partial charge in [0.2, 0.25) is 5.88 Å². The van der Waals surface area contributed by atoms with Gasteiger partial charge in [-0.1, -0.05) is 30.3 Å². The van der Waals surface area contributed by atoms with Crippen molar-refractivity contribution < 1.29 is 22.6 Å². The molecule has 13 heteroatoms. The van der Waals surface area contributed by atoms with Crippen LogP contribution in [0.3, 0.4) is 0 Å². The maximum atomic E-state index is 12.3. The predicted molar refractivity (Wildman–Crippen MR) is 135 cm³/mol. The van der Waals surface area contributed by atoms with Crippen molar-refractivity contribution in [3.8, 4) is 28.7 Å². The number of rotatable bonds is 9. The molecule has 37 heavy (non-hydrogen) atoms. The number of hydrogen-bond donors (Lipinski definition) is 2. The van der Waals surface area contributed by atoms with Gasteiger partial charge in [-0.15, -0.1) is 18.3 Å². The van der Waals surface area contributed by atoms with Crippen LogP contribution in [-0.4, -0.2) is 50.6 Å². The molecule has 4 rings (SSSR count). The Morgan fingerprint density at radius 1 is 1.03 bits per heavy atom. The number of alkyl halides is 3. The number of nitrogens with one attached hydrogen (secondary N) is 2. The largest absolute Gasteiger partial charge is 0.573 e. The lowest BCUT2D eigenvalue weighted by molar-refractivity contribution is -0.274. The Balaban J connectivity index is 1.24. The second-order valence-electron chi connectivity index (χ2n) is 7.32. The number of hydrogen-bond acceptors (Lipinski definition) is 7. The molecule has 190 valence electrons. The SMILES string of the molecule is FC(F)(F)Oc1ccc(-n2cnc(-c3ccc(C=NNC(=S)NCCOc4ccccn4)cc3)n2)cc1. The molecule has 9 nitrogen and oxygen atoms in total. The number of aromatic nitrogens is 4. The molecular formula is C24H20F3N7O2S. The predicted octanol–water partition coefficient (Wildman–Crippen LogP) is 4.10. The van der Waals surface area contributed by atoms with E-state index in [4.69, 9.17) is 17.0 Å². The molecular weight excluding hydrogens is 507 g/mol. The van der Waals surface area contributed by atoms with Gasteiger partial charge in [0.25, 0.3) is 0 Å². The Bertz CT molecular complexity index is 1330. The van der Waals surface area contributed by atoms with Crippen LogP contribution < -0.4 is 20.2 Å². The standard InChI is InChI=1S/C24H20F3N7O2S/c25-24(26,27)36-20-10-8-19(9-11-20)34-16-30-22(33-34)18-6-4-17(5-7-18)15-31-32-23(37)29-13-14-35-21-3-1-2-12-28-21/h1-12,15-16H,13-14H2,(H2,29,32,37). The van der Waals surface area contributed by atoms with E-state index in [-0.39, 0.29) is 5.75 Å². The van der Waals surface area contributed by atoms with E-state index in [2.05, 4.69) is 35.6 Å². The molecule has 0 aliphatic heterocycles. The third kappa shape index (κ3) is 8.00. The third-order valence-electron chi connectivity index (χ3n) is 4.65. The first-order valence-electron chi connectivity index (χ1n) is 10.8. The summed E-state index contributed by atoms with van der Waals surface area (Å²) < 4.78 is 47.8. The topological polar surface area (TPSA) is 98.5 Å². The first kappa shape index (κ1) is 25.6. The molecule has 0 unspecified atom stereocenters. The zero-order chi connectivity index (χ0) is 26.1. The summed E-state index contributed by atoms with van der Waals surface area (Å²) in [4.78, 5) is 8.33. The van der Waals surface area contributed by atoms with Gasteiger partial charge in [0.05, 0.1) is 18.4 Å². The zero-order valence-electron chi connectivity index (χ0n) is 19.1. The van der Waals surface area contributed by atoms with Crippen molar-refractivity contribution in [2.75, 3.05) is 13.2 Å². The molecule has 0 aliphatic carbocycles. The van der Waals surface area contributed by atoms with Crippen molar-refractivity contribution in [3.63, 3.8) is 0 Å². The lowest BCUT2D eigenvalue weighted by Gasteiger charge is -2.09. The molecule has 0 amide bonds. The molecule has 0 saturated heterocycles. The van der Waals surface area contributed by atoms with Gasteiger partial charge >= 0.3 is 6.36 Å². The maximum Gasteiger partial charge on any atom is 0.573 e. The number of nitrogens with zero attached hydrogens (tertiary/aromatic N) is 5. The summed E-state index contributed by atoms with van der Waals surface area (Å²) in [5.74, 6) is 0.685. The monoisotopic (exact) mass is 527 g/mol. The van der Waals surface area contributed by atoms with Crippen molar-refractivity contribution in [2.45, 2.75) is 6.36 Å². The summed E-state index contributed by atoms with van der Waals surface area (Å²) in [6.07, 6.45) is -0.00169. The molecule has 2 aromatic heterocycles. The molecule has 0 atom stereocenters.